The Kier molecular flexibility index (Phi) is 5.67. The van der Waals surface area contributed by atoms with Gasteiger partial charge in [-0.05, 0) is 44.9 Å². The fraction of sp³-hybridized carbons (Fsp3) is 0.600. The fourth-order valence-corrected chi connectivity index (χ4v) is 2.48. The van der Waals surface area contributed by atoms with Crippen LogP contribution in [-0.4, -0.2) is 17.7 Å². The van der Waals surface area contributed by atoms with Gasteiger partial charge < -0.3 is 10.0 Å². The highest BCUT2D eigenvalue weighted by Crippen LogP contribution is 2.31. The van der Waals surface area contributed by atoms with Crippen LogP contribution in [0.25, 0.3) is 0 Å². The quantitative estimate of drug-likeness (QED) is 0.872. The average Bonchev–Trinajstić information content (AvgIpc) is 2.25. The van der Waals surface area contributed by atoms with E-state index in [1.165, 1.54) is 0 Å². The van der Waals surface area contributed by atoms with Crippen LogP contribution in [-0.2, 0) is 0 Å². The van der Waals surface area contributed by atoms with Crippen molar-refractivity contribution in [3.63, 3.8) is 0 Å². The number of halogens is 1. The fourth-order valence-electron chi connectivity index (χ4n) is 2.10. The van der Waals surface area contributed by atoms with Crippen molar-refractivity contribution in [3.05, 3.63) is 28.2 Å². The summed E-state index contributed by atoms with van der Waals surface area (Å²) in [4.78, 5) is 2.36. The second kappa shape index (κ2) is 6.58. The summed E-state index contributed by atoms with van der Waals surface area (Å²) in [5, 5.41) is 9.95. The van der Waals surface area contributed by atoms with Gasteiger partial charge in [-0.2, -0.15) is 0 Å². The predicted octanol–water partition coefficient (Wildman–Crippen LogP) is 4.37. The number of hydrogen-bond donors (Lipinski definition) is 1. The lowest BCUT2D eigenvalue weighted by Crippen LogP contribution is -2.35. The first-order valence-electron chi connectivity index (χ1n) is 6.57. The molecule has 1 N–H and O–H groups in total. The molecule has 1 aromatic carbocycles. The SMILES string of the molecule is CC(C)CN(c1ccc(Br)cc1C(C)O)C(C)C. The molecule has 1 atom stereocenters. The lowest BCUT2D eigenvalue weighted by molar-refractivity contribution is 0.199. The van der Waals surface area contributed by atoms with Crippen molar-refractivity contribution in [1.82, 2.24) is 0 Å². The smallest absolute Gasteiger partial charge is 0.0782 e. The molecule has 0 saturated carbocycles. The first kappa shape index (κ1) is 15.5. The van der Waals surface area contributed by atoms with Crippen molar-refractivity contribution in [1.29, 1.82) is 0 Å². The van der Waals surface area contributed by atoms with Gasteiger partial charge in [-0.25, -0.2) is 0 Å². The zero-order valence-corrected chi connectivity index (χ0v) is 13.5. The van der Waals surface area contributed by atoms with Gasteiger partial charge in [0.2, 0.25) is 0 Å². The Morgan fingerprint density at radius 2 is 1.78 bits per heavy atom. The highest BCUT2D eigenvalue weighted by molar-refractivity contribution is 9.10. The van der Waals surface area contributed by atoms with Gasteiger partial charge >= 0.3 is 0 Å². The van der Waals surface area contributed by atoms with E-state index in [0.717, 1.165) is 22.3 Å². The Hall–Kier alpha value is -0.540. The Morgan fingerprint density at radius 3 is 2.22 bits per heavy atom. The number of rotatable bonds is 5. The minimum atomic E-state index is -0.453. The topological polar surface area (TPSA) is 23.5 Å². The van der Waals surface area contributed by atoms with E-state index in [1.54, 1.807) is 0 Å². The molecule has 0 amide bonds. The van der Waals surface area contributed by atoms with Crippen LogP contribution in [0.1, 0.15) is 46.3 Å². The van der Waals surface area contributed by atoms with Crippen molar-refractivity contribution >= 4 is 21.6 Å². The molecule has 102 valence electrons. The Labute approximate surface area is 119 Å². The lowest BCUT2D eigenvalue weighted by atomic mass is 10.0. The molecule has 1 rings (SSSR count). The maximum atomic E-state index is 9.95. The molecule has 0 heterocycles. The molecule has 0 saturated heterocycles. The molecule has 0 aliphatic rings. The third-order valence-electron chi connectivity index (χ3n) is 2.93. The van der Waals surface area contributed by atoms with Gasteiger partial charge in [0, 0.05) is 28.3 Å². The van der Waals surface area contributed by atoms with Crippen LogP contribution in [0.4, 0.5) is 5.69 Å². The number of hydrogen-bond acceptors (Lipinski definition) is 2. The summed E-state index contributed by atoms with van der Waals surface area (Å²) in [7, 11) is 0. The normalized spacial score (nSPS) is 13.2. The summed E-state index contributed by atoms with van der Waals surface area (Å²) in [6, 6.07) is 6.56. The number of nitrogens with zero attached hydrogens (tertiary/aromatic N) is 1. The third kappa shape index (κ3) is 3.99. The van der Waals surface area contributed by atoms with Crippen molar-refractivity contribution in [2.24, 2.45) is 5.92 Å². The molecular formula is C15H24BrNO. The minimum Gasteiger partial charge on any atom is -0.389 e. The van der Waals surface area contributed by atoms with E-state index in [0.29, 0.717) is 12.0 Å². The summed E-state index contributed by atoms with van der Waals surface area (Å²) in [6.07, 6.45) is -0.453. The monoisotopic (exact) mass is 313 g/mol. The molecule has 1 aromatic rings. The predicted molar refractivity (Wildman–Crippen MR) is 82.1 cm³/mol. The van der Waals surface area contributed by atoms with Crippen molar-refractivity contribution in [2.45, 2.75) is 46.8 Å². The highest BCUT2D eigenvalue weighted by atomic mass is 79.9. The van der Waals surface area contributed by atoms with Gasteiger partial charge in [-0.15, -0.1) is 0 Å². The summed E-state index contributed by atoms with van der Waals surface area (Å²) in [5.74, 6) is 0.595. The molecule has 0 aliphatic carbocycles. The minimum absolute atomic E-state index is 0.422. The van der Waals surface area contributed by atoms with Crippen LogP contribution in [0, 0.1) is 5.92 Å². The first-order chi connectivity index (χ1) is 8.32. The molecule has 18 heavy (non-hydrogen) atoms. The Morgan fingerprint density at radius 1 is 1.17 bits per heavy atom. The van der Waals surface area contributed by atoms with Gasteiger partial charge in [-0.1, -0.05) is 29.8 Å². The van der Waals surface area contributed by atoms with Gasteiger partial charge in [0.05, 0.1) is 6.10 Å². The zero-order valence-electron chi connectivity index (χ0n) is 11.9. The summed E-state index contributed by atoms with van der Waals surface area (Å²) < 4.78 is 1.01. The molecule has 0 bridgehead atoms. The van der Waals surface area contributed by atoms with Crippen molar-refractivity contribution in [3.8, 4) is 0 Å². The van der Waals surface area contributed by atoms with Gasteiger partial charge in [0.25, 0.3) is 0 Å². The van der Waals surface area contributed by atoms with E-state index >= 15 is 0 Å². The van der Waals surface area contributed by atoms with E-state index in [2.05, 4.69) is 54.6 Å². The maximum absolute atomic E-state index is 9.95. The van der Waals surface area contributed by atoms with Crippen molar-refractivity contribution < 1.29 is 5.11 Å². The molecule has 0 aromatic heterocycles. The van der Waals surface area contributed by atoms with E-state index < -0.39 is 6.10 Å². The maximum Gasteiger partial charge on any atom is 0.0782 e. The Balaban J connectivity index is 3.18. The van der Waals surface area contributed by atoms with E-state index in [4.69, 9.17) is 0 Å². The number of aliphatic hydroxyl groups is 1. The summed E-state index contributed by atoms with van der Waals surface area (Å²) >= 11 is 3.47. The number of aliphatic hydroxyl groups excluding tert-OH is 1. The number of benzene rings is 1. The molecular weight excluding hydrogens is 290 g/mol. The van der Waals surface area contributed by atoms with Crippen molar-refractivity contribution in [2.75, 3.05) is 11.4 Å². The molecule has 3 heteroatoms. The van der Waals surface area contributed by atoms with Crippen LogP contribution < -0.4 is 4.90 Å². The zero-order chi connectivity index (χ0) is 13.9. The van der Waals surface area contributed by atoms with E-state index in [9.17, 15) is 5.11 Å². The average molecular weight is 314 g/mol. The molecule has 0 radical (unpaired) electrons. The molecule has 2 nitrogen and oxygen atoms in total. The Bertz CT molecular complexity index is 388. The van der Waals surface area contributed by atoms with Crippen LogP contribution in [0.15, 0.2) is 22.7 Å². The third-order valence-corrected chi connectivity index (χ3v) is 3.43. The van der Waals surface area contributed by atoms with Gasteiger partial charge in [0.15, 0.2) is 0 Å². The second-order valence-electron chi connectivity index (χ2n) is 5.52. The first-order valence-corrected chi connectivity index (χ1v) is 7.36. The van der Waals surface area contributed by atoms with Gasteiger partial charge in [-0.3, -0.25) is 0 Å². The van der Waals surface area contributed by atoms with Crippen LogP contribution in [0.5, 0.6) is 0 Å². The van der Waals surface area contributed by atoms with Gasteiger partial charge in [0.1, 0.15) is 0 Å². The molecule has 0 fully saturated rings. The van der Waals surface area contributed by atoms with Crippen LogP contribution >= 0.6 is 15.9 Å². The second-order valence-corrected chi connectivity index (χ2v) is 6.43. The molecule has 1 unspecified atom stereocenters. The molecule has 0 spiro atoms. The number of anilines is 1. The lowest BCUT2D eigenvalue weighted by Gasteiger charge is -2.33. The van der Waals surface area contributed by atoms with E-state index in [1.807, 2.05) is 19.1 Å². The van der Waals surface area contributed by atoms with Crippen LogP contribution in [0.3, 0.4) is 0 Å². The highest BCUT2D eigenvalue weighted by Gasteiger charge is 2.18. The van der Waals surface area contributed by atoms with Crippen LogP contribution in [0.2, 0.25) is 0 Å². The molecule has 0 aliphatic heterocycles. The largest absolute Gasteiger partial charge is 0.389 e. The van der Waals surface area contributed by atoms with E-state index in [-0.39, 0.29) is 0 Å². The standard InChI is InChI=1S/C15H24BrNO/c1-10(2)9-17(11(3)4)15-7-6-13(16)8-14(15)12(5)18/h6-8,10-12,18H,9H2,1-5H3. The summed E-state index contributed by atoms with van der Waals surface area (Å²) in [5.41, 5.74) is 2.12. The summed E-state index contributed by atoms with van der Waals surface area (Å²) in [6.45, 7) is 11.6.